The molecule has 1 amide bonds. The molecule has 0 aromatic heterocycles. The summed E-state index contributed by atoms with van der Waals surface area (Å²) in [6.45, 7) is 1.24. The lowest BCUT2D eigenvalue weighted by Crippen LogP contribution is -2.41. The molecule has 7 heteroatoms. The number of carbonyl (C=O) groups excluding carboxylic acids is 1. The number of nitrogens with one attached hydrogen (secondary N) is 1. The third-order valence-corrected chi connectivity index (χ3v) is 4.16. The van der Waals surface area contributed by atoms with Crippen molar-refractivity contribution in [1.82, 2.24) is 5.32 Å². The Balaban J connectivity index is 2.26. The van der Waals surface area contributed by atoms with Crippen molar-refractivity contribution in [2.75, 3.05) is 5.75 Å². The summed E-state index contributed by atoms with van der Waals surface area (Å²) in [5, 5.41) is 32.6. The minimum Gasteiger partial charge on any atom is -0.507 e. The van der Waals surface area contributed by atoms with E-state index in [0.29, 0.717) is 15.7 Å². The molecule has 1 atom stereocenters. The second-order valence-electron chi connectivity index (χ2n) is 4.69. The first-order valence-corrected chi connectivity index (χ1v) is 7.45. The zero-order valence-corrected chi connectivity index (χ0v) is 12.6. The van der Waals surface area contributed by atoms with E-state index < -0.39 is 17.9 Å². The minimum absolute atomic E-state index is 0.00213. The zero-order valence-electron chi connectivity index (χ0n) is 11.7. The van der Waals surface area contributed by atoms with Crippen LogP contribution in [0, 0.1) is 0 Å². The quantitative estimate of drug-likeness (QED) is 0.495. The molecule has 0 saturated heterocycles. The van der Waals surface area contributed by atoms with Gasteiger partial charge in [0.15, 0.2) is 0 Å². The molecule has 4 N–H and O–H groups in total. The number of thioether (sulfide) groups is 1. The van der Waals surface area contributed by atoms with Crippen molar-refractivity contribution in [3.8, 4) is 11.5 Å². The van der Waals surface area contributed by atoms with Gasteiger partial charge in [0.05, 0.1) is 4.90 Å². The Kier molecular flexibility index (Phi) is 4.77. The summed E-state index contributed by atoms with van der Waals surface area (Å²) < 4.78 is 0. The number of phenols is 2. The molecule has 0 fully saturated rings. The molecule has 0 radical (unpaired) electrons. The highest BCUT2D eigenvalue weighted by atomic mass is 32.2. The van der Waals surface area contributed by atoms with E-state index in [4.69, 9.17) is 5.11 Å². The maximum absolute atomic E-state index is 11.1. The van der Waals surface area contributed by atoms with E-state index in [0.717, 1.165) is 11.8 Å². The molecule has 0 unspecified atom stereocenters. The first kappa shape index (κ1) is 16.0. The van der Waals surface area contributed by atoms with Crippen LogP contribution in [0.25, 0.3) is 10.8 Å². The molecule has 0 spiro atoms. The van der Waals surface area contributed by atoms with Gasteiger partial charge in [0.25, 0.3) is 0 Å². The van der Waals surface area contributed by atoms with Gasteiger partial charge in [-0.3, -0.25) is 4.79 Å². The van der Waals surface area contributed by atoms with E-state index in [-0.39, 0.29) is 17.3 Å². The number of amides is 1. The van der Waals surface area contributed by atoms with Gasteiger partial charge in [-0.25, -0.2) is 4.79 Å². The first-order valence-electron chi connectivity index (χ1n) is 6.46. The summed E-state index contributed by atoms with van der Waals surface area (Å²) in [5.41, 5.74) is 0. The minimum atomic E-state index is -1.16. The van der Waals surface area contributed by atoms with E-state index >= 15 is 0 Å². The molecule has 0 aliphatic heterocycles. The van der Waals surface area contributed by atoms with Crippen molar-refractivity contribution in [2.24, 2.45) is 0 Å². The van der Waals surface area contributed by atoms with Gasteiger partial charge < -0.3 is 20.6 Å². The van der Waals surface area contributed by atoms with Gasteiger partial charge in [-0.2, -0.15) is 0 Å². The third kappa shape index (κ3) is 3.43. The van der Waals surface area contributed by atoms with Crippen LogP contribution in [0.4, 0.5) is 0 Å². The summed E-state index contributed by atoms with van der Waals surface area (Å²) in [7, 11) is 0. The van der Waals surface area contributed by atoms with Crippen LogP contribution in [-0.2, 0) is 9.59 Å². The second-order valence-corrected chi connectivity index (χ2v) is 5.75. The number of carboxylic acid groups (broad SMARTS) is 1. The highest BCUT2D eigenvalue weighted by Crippen LogP contribution is 2.40. The van der Waals surface area contributed by atoms with Crippen LogP contribution in [0.5, 0.6) is 11.5 Å². The SMILES string of the molecule is CC(=O)N[C@@H](CSc1cc(O)c2ccccc2c1O)C(=O)O. The van der Waals surface area contributed by atoms with Gasteiger partial charge in [0, 0.05) is 23.4 Å². The number of benzene rings is 2. The molecule has 6 nitrogen and oxygen atoms in total. The van der Waals surface area contributed by atoms with Crippen molar-refractivity contribution in [3.05, 3.63) is 30.3 Å². The molecular weight excluding hydrogens is 306 g/mol. The average molecular weight is 321 g/mol. The van der Waals surface area contributed by atoms with Crippen LogP contribution in [-0.4, -0.2) is 39.0 Å². The van der Waals surface area contributed by atoms with Gasteiger partial charge in [0.2, 0.25) is 5.91 Å². The molecular formula is C15H15NO5S. The Morgan fingerprint density at radius 2 is 1.86 bits per heavy atom. The summed E-state index contributed by atoms with van der Waals surface area (Å²) in [5.74, 6) is -1.60. The molecule has 0 aliphatic rings. The number of phenolic OH excluding ortho intramolecular Hbond substituents is 2. The molecule has 116 valence electrons. The maximum Gasteiger partial charge on any atom is 0.327 e. The molecule has 0 aliphatic carbocycles. The number of fused-ring (bicyclic) bond motifs is 1. The molecule has 2 aromatic carbocycles. The molecule has 0 bridgehead atoms. The first-order chi connectivity index (χ1) is 10.4. The summed E-state index contributed by atoms with van der Waals surface area (Å²) >= 11 is 1.05. The standard InChI is InChI=1S/C15H15NO5S/c1-8(17)16-11(15(20)21)7-22-13-6-12(18)9-4-2-3-5-10(9)14(13)19/h2-6,11,18-19H,7H2,1H3,(H,16,17)(H,20,21)/t11-/m0/s1. The van der Waals surface area contributed by atoms with Crippen molar-refractivity contribution in [1.29, 1.82) is 0 Å². The monoisotopic (exact) mass is 321 g/mol. The fraction of sp³-hybridized carbons (Fsp3) is 0.200. The van der Waals surface area contributed by atoms with E-state index in [2.05, 4.69) is 5.32 Å². The predicted molar refractivity (Wildman–Crippen MR) is 83.2 cm³/mol. The van der Waals surface area contributed by atoms with E-state index in [1.165, 1.54) is 13.0 Å². The summed E-state index contributed by atoms with van der Waals surface area (Å²) in [6, 6.07) is 7.12. The van der Waals surface area contributed by atoms with Crippen LogP contribution in [0.1, 0.15) is 6.92 Å². The van der Waals surface area contributed by atoms with Crippen LogP contribution >= 0.6 is 11.8 Å². The topological polar surface area (TPSA) is 107 Å². The number of carboxylic acids is 1. The van der Waals surface area contributed by atoms with Gasteiger partial charge in [-0.15, -0.1) is 11.8 Å². The highest BCUT2D eigenvalue weighted by Gasteiger charge is 2.20. The van der Waals surface area contributed by atoms with Crippen molar-refractivity contribution < 1.29 is 24.9 Å². The number of carbonyl (C=O) groups is 2. The Bertz CT molecular complexity index is 731. The van der Waals surface area contributed by atoms with Gasteiger partial charge in [-0.1, -0.05) is 24.3 Å². The smallest absolute Gasteiger partial charge is 0.327 e. The second kappa shape index (κ2) is 6.57. The average Bonchev–Trinajstić information content (AvgIpc) is 2.47. The van der Waals surface area contributed by atoms with Crippen LogP contribution < -0.4 is 5.32 Å². The normalized spacial score (nSPS) is 12.0. The number of rotatable bonds is 5. The van der Waals surface area contributed by atoms with Gasteiger partial charge in [-0.05, 0) is 6.07 Å². The predicted octanol–water partition coefficient (Wildman–Crippen LogP) is 1.93. The summed E-state index contributed by atoms with van der Waals surface area (Å²) in [6.07, 6.45) is 0. The van der Waals surface area contributed by atoms with E-state index in [9.17, 15) is 19.8 Å². The van der Waals surface area contributed by atoms with Crippen molar-refractivity contribution >= 4 is 34.4 Å². The number of hydrogen-bond acceptors (Lipinski definition) is 5. The van der Waals surface area contributed by atoms with Gasteiger partial charge in [0.1, 0.15) is 17.5 Å². The molecule has 0 heterocycles. The van der Waals surface area contributed by atoms with Crippen LogP contribution in [0.2, 0.25) is 0 Å². The van der Waals surface area contributed by atoms with Gasteiger partial charge >= 0.3 is 5.97 Å². The summed E-state index contributed by atoms with van der Waals surface area (Å²) in [4.78, 5) is 22.4. The Morgan fingerprint density at radius 1 is 1.23 bits per heavy atom. The van der Waals surface area contributed by atoms with E-state index in [1.54, 1.807) is 24.3 Å². The number of hydrogen-bond donors (Lipinski definition) is 4. The largest absolute Gasteiger partial charge is 0.507 e. The van der Waals surface area contributed by atoms with Crippen molar-refractivity contribution in [2.45, 2.75) is 17.9 Å². The number of aliphatic carboxylic acids is 1. The molecule has 2 aromatic rings. The lowest BCUT2D eigenvalue weighted by molar-refractivity contribution is -0.140. The molecule has 0 saturated carbocycles. The fourth-order valence-corrected chi connectivity index (χ4v) is 3.03. The maximum atomic E-state index is 11.1. The Labute approximate surface area is 130 Å². The Morgan fingerprint density at radius 3 is 2.45 bits per heavy atom. The van der Waals surface area contributed by atoms with Crippen LogP contribution in [0.3, 0.4) is 0 Å². The van der Waals surface area contributed by atoms with Crippen LogP contribution in [0.15, 0.2) is 35.2 Å². The lowest BCUT2D eigenvalue weighted by atomic mass is 10.1. The fourth-order valence-electron chi connectivity index (χ4n) is 2.02. The van der Waals surface area contributed by atoms with Crippen molar-refractivity contribution in [3.63, 3.8) is 0 Å². The zero-order chi connectivity index (χ0) is 16.3. The third-order valence-electron chi connectivity index (χ3n) is 3.04. The lowest BCUT2D eigenvalue weighted by Gasteiger charge is -2.14. The molecule has 2 rings (SSSR count). The molecule has 22 heavy (non-hydrogen) atoms. The highest BCUT2D eigenvalue weighted by molar-refractivity contribution is 7.99. The van der Waals surface area contributed by atoms with E-state index in [1.807, 2.05) is 0 Å². The Hall–Kier alpha value is -2.41. The number of aromatic hydroxyl groups is 2.